The molecule has 2 aromatic heterocycles. The minimum absolute atomic E-state index is 0.0396. The van der Waals surface area contributed by atoms with Crippen LogP contribution >= 0.6 is 0 Å². The molecule has 2 aromatic rings. The molecule has 2 heterocycles. The maximum absolute atomic E-state index is 11.9. The van der Waals surface area contributed by atoms with Gasteiger partial charge in [0.05, 0.1) is 24.1 Å². The van der Waals surface area contributed by atoms with E-state index in [0.29, 0.717) is 29.3 Å². The summed E-state index contributed by atoms with van der Waals surface area (Å²) in [7, 11) is 0. The smallest absolute Gasteiger partial charge is 0.242 e. The number of aromatic nitrogens is 2. The van der Waals surface area contributed by atoms with Crippen LogP contribution in [0.1, 0.15) is 34.4 Å². The number of carbonyl (C=O) groups excluding carboxylic acids is 2. The van der Waals surface area contributed by atoms with Crippen LogP contribution in [0.25, 0.3) is 0 Å². The second-order valence-electron chi connectivity index (χ2n) is 4.62. The van der Waals surface area contributed by atoms with E-state index in [-0.39, 0.29) is 18.2 Å². The van der Waals surface area contributed by atoms with Crippen molar-refractivity contribution in [1.82, 2.24) is 15.1 Å². The second kappa shape index (κ2) is 5.73. The molecule has 6 nitrogen and oxygen atoms in total. The number of hydrogen-bond acceptors (Lipinski definition) is 4. The van der Waals surface area contributed by atoms with E-state index in [1.807, 2.05) is 0 Å². The summed E-state index contributed by atoms with van der Waals surface area (Å²) >= 11 is 0. The lowest BCUT2D eigenvalue weighted by atomic mass is 10.1. The average Bonchev–Trinajstić information content (AvgIpc) is 2.96. The Balaban J connectivity index is 2.01. The molecule has 0 atom stereocenters. The number of aryl methyl sites for hydroxylation is 1. The van der Waals surface area contributed by atoms with Crippen molar-refractivity contribution in [3.8, 4) is 0 Å². The first-order valence-electron chi connectivity index (χ1n) is 6.33. The Hall–Kier alpha value is -2.37. The zero-order valence-corrected chi connectivity index (χ0v) is 11.8. The van der Waals surface area contributed by atoms with Crippen molar-refractivity contribution in [3.05, 3.63) is 41.1 Å². The summed E-state index contributed by atoms with van der Waals surface area (Å²) in [5.41, 5.74) is 1.95. The largest absolute Gasteiger partial charge is 0.467 e. The molecule has 0 aromatic carbocycles. The molecule has 0 radical (unpaired) electrons. The van der Waals surface area contributed by atoms with Crippen molar-refractivity contribution in [3.63, 3.8) is 0 Å². The number of furan rings is 1. The summed E-state index contributed by atoms with van der Waals surface area (Å²) in [5, 5.41) is 6.97. The van der Waals surface area contributed by atoms with E-state index in [9.17, 15) is 9.59 Å². The maximum Gasteiger partial charge on any atom is 0.242 e. The molecule has 2 rings (SSSR count). The Morgan fingerprint density at radius 1 is 1.40 bits per heavy atom. The number of nitrogens with zero attached hydrogens (tertiary/aromatic N) is 2. The summed E-state index contributed by atoms with van der Waals surface area (Å²) in [5.74, 6) is 0.473. The number of Topliss-reactive ketones (excluding diaryl/α,β-unsaturated/α-hetero) is 1. The highest BCUT2D eigenvalue weighted by atomic mass is 16.3. The van der Waals surface area contributed by atoms with E-state index in [0.717, 1.165) is 0 Å². The fourth-order valence-corrected chi connectivity index (χ4v) is 2.15. The molecule has 1 amide bonds. The topological polar surface area (TPSA) is 77.1 Å². The minimum Gasteiger partial charge on any atom is -0.467 e. The van der Waals surface area contributed by atoms with Gasteiger partial charge in [0.1, 0.15) is 12.3 Å². The summed E-state index contributed by atoms with van der Waals surface area (Å²) < 4.78 is 6.68. The zero-order valence-electron chi connectivity index (χ0n) is 11.8. The van der Waals surface area contributed by atoms with Crippen LogP contribution in [0.2, 0.25) is 0 Å². The number of rotatable bonds is 5. The molecule has 20 heavy (non-hydrogen) atoms. The van der Waals surface area contributed by atoms with Crippen LogP contribution in [0.3, 0.4) is 0 Å². The summed E-state index contributed by atoms with van der Waals surface area (Å²) in [4.78, 5) is 23.4. The van der Waals surface area contributed by atoms with Crippen LogP contribution in [-0.4, -0.2) is 21.5 Å². The lowest BCUT2D eigenvalue weighted by Gasteiger charge is -2.05. The molecular weight excluding hydrogens is 258 g/mol. The number of nitrogens with one attached hydrogen (secondary N) is 1. The maximum atomic E-state index is 11.9. The van der Waals surface area contributed by atoms with Crippen molar-refractivity contribution in [2.24, 2.45) is 0 Å². The molecule has 0 fully saturated rings. The number of ketones is 1. The fourth-order valence-electron chi connectivity index (χ4n) is 2.15. The molecule has 106 valence electrons. The highest BCUT2D eigenvalue weighted by Crippen LogP contribution is 2.13. The molecular formula is C14H17N3O3. The van der Waals surface area contributed by atoms with E-state index < -0.39 is 0 Å². The number of hydrogen-bond donors (Lipinski definition) is 1. The van der Waals surface area contributed by atoms with Crippen LogP contribution in [-0.2, 0) is 17.9 Å². The van der Waals surface area contributed by atoms with Gasteiger partial charge in [0.15, 0.2) is 5.78 Å². The van der Waals surface area contributed by atoms with Crippen LogP contribution in [0.15, 0.2) is 22.8 Å². The monoisotopic (exact) mass is 275 g/mol. The minimum atomic E-state index is -0.179. The van der Waals surface area contributed by atoms with Crippen molar-refractivity contribution in [2.75, 3.05) is 0 Å². The van der Waals surface area contributed by atoms with Gasteiger partial charge in [0.25, 0.3) is 0 Å². The van der Waals surface area contributed by atoms with Gasteiger partial charge in [-0.1, -0.05) is 0 Å². The van der Waals surface area contributed by atoms with Gasteiger partial charge < -0.3 is 9.73 Å². The van der Waals surface area contributed by atoms with Gasteiger partial charge in [-0.15, -0.1) is 0 Å². The summed E-state index contributed by atoms with van der Waals surface area (Å²) in [6.07, 6.45) is 1.56. The lowest BCUT2D eigenvalue weighted by Crippen LogP contribution is -2.27. The third kappa shape index (κ3) is 2.96. The van der Waals surface area contributed by atoms with Gasteiger partial charge in [-0.25, -0.2) is 0 Å². The van der Waals surface area contributed by atoms with E-state index in [2.05, 4.69) is 10.4 Å². The summed E-state index contributed by atoms with van der Waals surface area (Å²) in [6, 6.07) is 3.55. The van der Waals surface area contributed by atoms with Crippen molar-refractivity contribution >= 4 is 11.7 Å². The van der Waals surface area contributed by atoms with Gasteiger partial charge in [-0.2, -0.15) is 5.10 Å². The zero-order chi connectivity index (χ0) is 14.7. The standard InChI is InChI=1S/C14H17N3O3/c1-9-14(11(3)18)10(2)17(16-9)8-13(19)15-7-12-5-4-6-20-12/h4-6H,7-8H2,1-3H3,(H,15,19). The van der Waals surface area contributed by atoms with Gasteiger partial charge in [0, 0.05) is 5.69 Å². The first kappa shape index (κ1) is 14.0. The molecule has 0 unspecified atom stereocenters. The van der Waals surface area contributed by atoms with Gasteiger partial charge in [-0.05, 0) is 32.9 Å². The van der Waals surface area contributed by atoms with Crippen molar-refractivity contribution < 1.29 is 14.0 Å². The van der Waals surface area contributed by atoms with E-state index >= 15 is 0 Å². The molecule has 1 N–H and O–H groups in total. The van der Waals surface area contributed by atoms with E-state index in [4.69, 9.17) is 4.42 Å². The van der Waals surface area contributed by atoms with E-state index in [1.165, 1.54) is 6.92 Å². The molecule has 0 saturated carbocycles. The Kier molecular flexibility index (Phi) is 4.02. The van der Waals surface area contributed by atoms with Crippen LogP contribution in [0.4, 0.5) is 0 Å². The van der Waals surface area contributed by atoms with Gasteiger partial charge >= 0.3 is 0 Å². The second-order valence-corrected chi connectivity index (χ2v) is 4.62. The SMILES string of the molecule is CC(=O)c1c(C)nn(CC(=O)NCc2ccco2)c1C. The van der Waals surface area contributed by atoms with Crippen LogP contribution < -0.4 is 5.32 Å². The third-order valence-electron chi connectivity index (χ3n) is 3.07. The molecule has 6 heteroatoms. The Morgan fingerprint density at radius 3 is 2.70 bits per heavy atom. The molecule has 0 bridgehead atoms. The normalized spacial score (nSPS) is 10.6. The molecule has 0 aliphatic heterocycles. The predicted molar refractivity (Wildman–Crippen MR) is 72.3 cm³/mol. The predicted octanol–water partition coefficient (Wildman–Crippen LogP) is 1.61. The quantitative estimate of drug-likeness (QED) is 0.841. The van der Waals surface area contributed by atoms with Gasteiger partial charge in [-0.3, -0.25) is 14.3 Å². The lowest BCUT2D eigenvalue weighted by molar-refractivity contribution is -0.122. The average molecular weight is 275 g/mol. The Morgan fingerprint density at radius 2 is 2.15 bits per heavy atom. The first-order chi connectivity index (χ1) is 9.49. The third-order valence-corrected chi connectivity index (χ3v) is 3.07. The Labute approximate surface area is 116 Å². The molecule has 0 aliphatic carbocycles. The number of carbonyl (C=O) groups is 2. The van der Waals surface area contributed by atoms with Crippen molar-refractivity contribution in [2.45, 2.75) is 33.9 Å². The van der Waals surface area contributed by atoms with Crippen molar-refractivity contribution in [1.29, 1.82) is 0 Å². The fraction of sp³-hybridized carbons (Fsp3) is 0.357. The molecule has 0 aliphatic rings. The molecule has 0 spiro atoms. The highest BCUT2D eigenvalue weighted by molar-refractivity contribution is 5.96. The highest BCUT2D eigenvalue weighted by Gasteiger charge is 2.16. The Bertz CT molecular complexity index is 626. The first-order valence-corrected chi connectivity index (χ1v) is 6.33. The molecule has 0 saturated heterocycles. The number of amides is 1. The summed E-state index contributed by atoms with van der Waals surface area (Å²) in [6.45, 7) is 5.47. The van der Waals surface area contributed by atoms with E-state index in [1.54, 1.807) is 36.9 Å². The van der Waals surface area contributed by atoms with Gasteiger partial charge in [0.2, 0.25) is 5.91 Å². The van der Waals surface area contributed by atoms with Crippen LogP contribution in [0, 0.1) is 13.8 Å². The van der Waals surface area contributed by atoms with Crippen LogP contribution in [0.5, 0.6) is 0 Å².